The van der Waals surface area contributed by atoms with Gasteiger partial charge < -0.3 is 19.9 Å². The predicted octanol–water partition coefficient (Wildman–Crippen LogP) is 1.57. The summed E-state index contributed by atoms with van der Waals surface area (Å²) in [7, 11) is 4.98. The second-order valence-electron chi connectivity index (χ2n) is 3.79. The van der Waals surface area contributed by atoms with Crippen molar-refractivity contribution in [2.45, 2.75) is 6.10 Å². The van der Waals surface area contributed by atoms with Gasteiger partial charge in [-0.1, -0.05) is 17.4 Å². The number of rotatable bonds is 5. The summed E-state index contributed by atoms with van der Waals surface area (Å²) >= 11 is 1.41. The molecule has 0 saturated carbocycles. The van der Waals surface area contributed by atoms with E-state index >= 15 is 0 Å². The third-order valence-electron chi connectivity index (χ3n) is 2.67. The Morgan fingerprint density at radius 2 is 2.17 bits per heavy atom. The molecule has 1 aromatic heterocycles. The second-order valence-corrected chi connectivity index (χ2v) is 4.75. The normalized spacial score (nSPS) is 12.7. The molecule has 1 aromatic carbocycles. The SMILES string of the molecule is CNCC(O)c1ccc(OC)c2nc(OC)sc12. The van der Waals surface area contributed by atoms with E-state index in [0.717, 1.165) is 15.8 Å². The Labute approximate surface area is 109 Å². The van der Waals surface area contributed by atoms with Crippen LogP contribution in [-0.4, -0.2) is 37.9 Å². The summed E-state index contributed by atoms with van der Waals surface area (Å²) in [6.07, 6.45) is -0.575. The Hall–Kier alpha value is -1.37. The molecule has 2 aromatic rings. The molecule has 0 fully saturated rings. The number of ether oxygens (including phenoxy) is 2. The molecule has 2 rings (SSSR count). The fourth-order valence-corrected chi connectivity index (χ4v) is 2.76. The quantitative estimate of drug-likeness (QED) is 0.861. The van der Waals surface area contributed by atoms with Crippen molar-refractivity contribution in [3.05, 3.63) is 17.7 Å². The summed E-state index contributed by atoms with van der Waals surface area (Å²) in [5, 5.41) is 13.6. The van der Waals surface area contributed by atoms with E-state index in [0.29, 0.717) is 17.5 Å². The van der Waals surface area contributed by atoms with E-state index in [1.54, 1.807) is 21.3 Å². The Morgan fingerprint density at radius 3 is 2.78 bits per heavy atom. The van der Waals surface area contributed by atoms with Crippen LogP contribution in [0.4, 0.5) is 0 Å². The van der Waals surface area contributed by atoms with Crippen molar-refractivity contribution in [1.82, 2.24) is 10.3 Å². The van der Waals surface area contributed by atoms with E-state index in [9.17, 15) is 5.11 Å². The molecule has 1 heterocycles. The zero-order chi connectivity index (χ0) is 13.1. The number of likely N-dealkylation sites (N-methyl/N-ethyl adjacent to an activating group) is 1. The lowest BCUT2D eigenvalue weighted by Crippen LogP contribution is -2.16. The van der Waals surface area contributed by atoms with Crippen LogP contribution in [0.2, 0.25) is 0 Å². The van der Waals surface area contributed by atoms with E-state index < -0.39 is 6.10 Å². The van der Waals surface area contributed by atoms with E-state index in [1.165, 1.54) is 11.3 Å². The van der Waals surface area contributed by atoms with Gasteiger partial charge in [0.1, 0.15) is 11.3 Å². The largest absolute Gasteiger partial charge is 0.494 e. The van der Waals surface area contributed by atoms with Crippen LogP contribution in [0.1, 0.15) is 11.7 Å². The molecule has 0 bridgehead atoms. The Bertz CT molecular complexity index is 541. The lowest BCUT2D eigenvalue weighted by Gasteiger charge is -2.12. The van der Waals surface area contributed by atoms with Crippen LogP contribution in [0.25, 0.3) is 10.2 Å². The number of hydrogen-bond donors (Lipinski definition) is 2. The zero-order valence-electron chi connectivity index (χ0n) is 10.6. The fourth-order valence-electron chi connectivity index (χ4n) is 1.80. The van der Waals surface area contributed by atoms with Crippen molar-refractivity contribution >= 4 is 21.6 Å². The molecule has 0 aliphatic carbocycles. The minimum Gasteiger partial charge on any atom is -0.494 e. The molecule has 0 spiro atoms. The van der Waals surface area contributed by atoms with Gasteiger partial charge in [-0.3, -0.25) is 0 Å². The van der Waals surface area contributed by atoms with Gasteiger partial charge in [-0.05, 0) is 13.1 Å². The van der Waals surface area contributed by atoms with Gasteiger partial charge in [0.05, 0.1) is 25.0 Å². The summed E-state index contributed by atoms with van der Waals surface area (Å²) in [5.74, 6) is 0.685. The van der Waals surface area contributed by atoms with E-state index in [-0.39, 0.29) is 0 Å². The van der Waals surface area contributed by atoms with E-state index in [4.69, 9.17) is 9.47 Å². The highest BCUT2D eigenvalue weighted by molar-refractivity contribution is 7.20. The number of aromatic nitrogens is 1. The van der Waals surface area contributed by atoms with E-state index in [1.807, 2.05) is 12.1 Å². The lowest BCUT2D eigenvalue weighted by molar-refractivity contribution is 0.179. The van der Waals surface area contributed by atoms with Crippen LogP contribution in [-0.2, 0) is 0 Å². The minimum absolute atomic E-state index is 0.488. The van der Waals surface area contributed by atoms with Gasteiger partial charge in [0.25, 0.3) is 5.19 Å². The highest BCUT2D eigenvalue weighted by atomic mass is 32.1. The number of aliphatic hydroxyl groups excluding tert-OH is 1. The van der Waals surface area contributed by atoms with Crippen LogP contribution in [0, 0.1) is 0 Å². The molecule has 1 unspecified atom stereocenters. The van der Waals surface area contributed by atoms with Gasteiger partial charge >= 0.3 is 0 Å². The van der Waals surface area contributed by atoms with Crippen molar-refractivity contribution < 1.29 is 14.6 Å². The average Bonchev–Trinajstić information content (AvgIpc) is 2.81. The first-order valence-electron chi connectivity index (χ1n) is 5.55. The molecule has 0 aliphatic rings. The average molecular weight is 268 g/mol. The Morgan fingerprint density at radius 1 is 1.39 bits per heavy atom. The van der Waals surface area contributed by atoms with Crippen molar-refractivity contribution in [3.63, 3.8) is 0 Å². The summed E-state index contributed by atoms with van der Waals surface area (Å²) in [5.41, 5.74) is 1.56. The summed E-state index contributed by atoms with van der Waals surface area (Å²) in [6, 6.07) is 3.68. The minimum atomic E-state index is -0.575. The predicted molar refractivity (Wildman–Crippen MR) is 71.6 cm³/mol. The zero-order valence-corrected chi connectivity index (χ0v) is 11.4. The van der Waals surface area contributed by atoms with Gasteiger partial charge in [-0.15, -0.1) is 0 Å². The Kier molecular flexibility index (Phi) is 4.00. The molecule has 2 N–H and O–H groups in total. The third kappa shape index (κ3) is 2.27. The highest BCUT2D eigenvalue weighted by Gasteiger charge is 2.17. The van der Waals surface area contributed by atoms with Crippen molar-refractivity contribution in [2.24, 2.45) is 0 Å². The number of methoxy groups -OCH3 is 2. The van der Waals surface area contributed by atoms with Crippen molar-refractivity contribution in [2.75, 3.05) is 27.8 Å². The summed E-state index contributed by atoms with van der Waals surface area (Å²) in [6.45, 7) is 0.488. The maximum Gasteiger partial charge on any atom is 0.274 e. The number of benzene rings is 1. The first-order valence-corrected chi connectivity index (χ1v) is 6.37. The Balaban J connectivity index is 2.57. The molecule has 6 heteroatoms. The van der Waals surface area contributed by atoms with E-state index in [2.05, 4.69) is 10.3 Å². The van der Waals surface area contributed by atoms with Crippen LogP contribution in [0.15, 0.2) is 12.1 Å². The number of nitrogens with one attached hydrogen (secondary N) is 1. The van der Waals surface area contributed by atoms with Crippen LogP contribution in [0.3, 0.4) is 0 Å². The van der Waals surface area contributed by atoms with Crippen LogP contribution < -0.4 is 14.8 Å². The lowest BCUT2D eigenvalue weighted by atomic mass is 10.1. The fraction of sp³-hybridized carbons (Fsp3) is 0.417. The van der Waals surface area contributed by atoms with Crippen molar-refractivity contribution in [3.8, 4) is 10.9 Å². The third-order valence-corrected chi connectivity index (χ3v) is 3.73. The van der Waals surface area contributed by atoms with Gasteiger partial charge in [0.15, 0.2) is 0 Å². The van der Waals surface area contributed by atoms with Crippen molar-refractivity contribution in [1.29, 1.82) is 0 Å². The molecule has 0 aliphatic heterocycles. The first kappa shape index (κ1) is 13.1. The van der Waals surface area contributed by atoms with Gasteiger partial charge in [0.2, 0.25) is 0 Å². The molecule has 5 nitrogen and oxygen atoms in total. The summed E-state index contributed by atoms with van der Waals surface area (Å²) in [4.78, 5) is 4.34. The smallest absolute Gasteiger partial charge is 0.274 e. The standard InChI is InChI=1S/C12H16N2O3S/c1-13-6-8(15)7-4-5-9(16-2)10-11(7)18-12(14-10)17-3/h4-5,8,13,15H,6H2,1-3H3. The molecule has 98 valence electrons. The van der Waals surface area contributed by atoms with Gasteiger partial charge in [-0.2, -0.15) is 4.98 Å². The molecule has 18 heavy (non-hydrogen) atoms. The van der Waals surface area contributed by atoms with Gasteiger partial charge in [-0.25, -0.2) is 0 Å². The number of aliphatic hydroxyl groups is 1. The maximum atomic E-state index is 10.1. The maximum absolute atomic E-state index is 10.1. The molecular weight excluding hydrogens is 252 g/mol. The van der Waals surface area contributed by atoms with Crippen LogP contribution >= 0.6 is 11.3 Å². The topological polar surface area (TPSA) is 63.6 Å². The number of hydrogen-bond acceptors (Lipinski definition) is 6. The van der Waals surface area contributed by atoms with Crippen LogP contribution in [0.5, 0.6) is 10.9 Å². The summed E-state index contributed by atoms with van der Waals surface area (Å²) < 4.78 is 11.3. The molecule has 0 saturated heterocycles. The monoisotopic (exact) mass is 268 g/mol. The number of fused-ring (bicyclic) bond motifs is 1. The van der Waals surface area contributed by atoms with Gasteiger partial charge in [0, 0.05) is 12.1 Å². The molecular formula is C12H16N2O3S. The number of nitrogens with zero attached hydrogens (tertiary/aromatic N) is 1. The number of thiazole rings is 1. The molecule has 0 radical (unpaired) electrons. The highest BCUT2D eigenvalue weighted by Crippen LogP contribution is 2.38. The molecule has 1 atom stereocenters. The second kappa shape index (κ2) is 5.51. The first-order chi connectivity index (χ1) is 8.71. The molecule has 0 amide bonds.